The molecule has 1 saturated carbocycles. The number of carbonyl (C=O) groups excluding carboxylic acids is 1. The fraction of sp³-hybridized carbons (Fsp3) is 0.476. The molecule has 6 nitrogen and oxygen atoms in total. The van der Waals surface area contributed by atoms with Crippen LogP contribution in [0.15, 0.2) is 29.4 Å². The number of hydrogen-bond donors (Lipinski definition) is 1. The van der Waals surface area contributed by atoms with Gasteiger partial charge in [-0.25, -0.2) is 0 Å². The SMILES string of the molecule is COc1ccc2c(C)cc3nnc(SCC(=O)NC4CCCCC4C)n3c2c1. The van der Waals surface area contributed by atoms with E-state index in [-0.39, 0.29) is 5.91 Å². The first-order valence-corrected chi connectivity index (χ1v) is 10.8. The first kappa shape index (κ1) is 19.1. The minimum Gasteiger partial charge on any atom is -0.497 e. The van der Waals surface area contributed by atoms with Gasteiger partial charge in [-0.1, -0.05) is 31.5 Å². The molecule has 7 heteroatoms. The molecule has 1 amide bonds. The van der Waals surface area contributed by atoms with Crippen LogP contribution in [0, 0.1) is 12.8 Å². The topological polar surface area (TPSA) is 68.5 Å². The highest BCUT2D eigenvalue weighted by Gasteiger charge is 2.23. The Balaban J connectivity index is 1.57. The molecule has 1 aliphatic rings. The predicted octanol–water partition coefficient (Wildman–Crippen LogP) is 3.99. The molecule has 4 rings (SSSR count). The van der Waals surface area contributed by atoms with E-state index in [2.05, 4.69) is 35.4 Å². The van der Waals surface area contributed by atoms with Gasteiger partial charge < -0.3 is 10.1 Å². The fourth-order valence-corrected chi connectivity index (χ4v) is 4.80. The maximum atomic E-state index is 12.5. The van der Waals surface area contributed by atoms with E-state index < -0.39 is 0 Å². The summed E-state index contributed by atoms with van der Waals surface area (Å²) in [6.07, 6.45) is 4.74. The number of ether oxygens (including phenoxy) is 1. The zero-order valence-electron chi connectivity index (χ0n) is 16.6. The third-order valence-electron chi connectivity index (χ3n) is 5.66. The Morgan fingerprint density at radius 3 is 2.89 bits per heavy atom. The summed E-state index contributed by atoms with van der Waals surface area (Å²) in [7, 11) is 1.66. The summed E-state index contributed by atoms with van der Waals surface area (Å²) in [5.74, 6) is 1.74. The number of methoxy groups -OCH3 is 1. The van der Waals surface area contributed by atoms with Gasteiger partial charge in [-0.2, -0.15) is 0 Å². The molecule has 148 valence electrons. The van der Waals surface area contributed by atoms with Gasteiger partial charge >= 0.3 is 0 Å². The zero-order chi connectivity index (χ0) is 19.7. The number of aryl methyl sites for hydroxylation is 1. The van der Waals surface area contributed by atoms with Crippen LogP contribution in [-0.2, 0) is 4.79 Å². The van der Waals surface area contributed by atoms with E-state index in [0.29, 0.717) is 17.7 Å². The van der Waals surface area contributed by atoms with Gasteiger partial charge in [0, 0.05) is 17.5 Å². The average Bonchev–Trinajstić information content (AvgIpc) is 3.10. The molecule has 3 aromatic rings. The Morgan fingerprint density at radius 1 is 1.29 bits per heavy atom. The number of rotatable bonds is 5. The van der Waals surface area contributed by atoms with Crippen molar-refractivity contribution in [2.24, 2.45) is 5.92 Å². The number of fused-ring (bicyclic) bond motifs is 3. The third-order valence-corrected chi connectivity index (χ3v) is 6.59. The highest BCUT2D eigenvalue weighted by Crippen LogP contribution is 2.29. The summed E-state index contributed by atoms with van der Waals surface area (Å²) in [5.41, 5.74) is 2.91. The van der Waals surface area contributed by atoms with Crippen LogP contribution >= 0.6 is 11.8 Å². The summed E-state index contributed by atoms with van der Waals surface area (Å²) >= 11 is 1.43. The van der Waals surface area contributed by atoms with Gasteiger partial charge in [0.05, 0.1) is 18.4 Å². The molecular weight excluding hydrogens is 372 g/mol. The van der Waals surface area contributed by atoms with Crippen molar-refractivity contribution >= 4 is 34.2 Å². The molecule has 1 N–H and O–H groups in total. The van der Waals surface area contributed by atoms with Crippen LogP contribution in [0.25, 0.3) is 16.6 Å². The highest BCUT2D eigenvalue weighted by atomic mass is 32.2. The van der Waals surface area contributed by atoms with Gasteiger partial charge in [0.2, 0.25) is 5.91 Å². The van der Waals surface area contributed by atoms with E-state index in [1.54, 1.807) is 7.11 Å². The second-order valence-electron chi connectivity index (χ2n) is 7.61. The van der Waals surface area contributed by atoms with Crippen LogP contribution in [0.4, 0.5) is 0 Å². The van der Waals surface area contributed by atoms with Crippen molar-refractivity contribution in [3.05, 3.63) is 29.8 Å². The lowest BCUT2D eigenvalue weighted by molar-refractivity contribution is -0.119. The van der Waals surface area contributed by atoms with Crippen molar-refractivity contribution in [2.75, 3.05) is 12.9 Å². The summed E-state index contributed by atoms with van der Waals surface area (Å²) in [6, 6.07) is 8.32. The normalized spacial score (nSPS) is 19.8. The average molecular weight is 399 g/mol. The van der Waals surface area contributed by atoms with E-state index in [0.717, 1.165) is 39.4 Å². The first-order valence-electron chi connectivity index (χ1n) is 9.81. The number of benzene rings is 1. The van der Waals surface area contributed by atoms with E-state index in [9.17, 15) is 4.79 Å². The Hall–Kier alpha value is -2.28. The number of nitrogens with one attached hydrogen (secondary N) is 1. The van der Waals surface area contributed by atoms with Crippen LogP contribution in [0.1, 0.15) is 38.2 Å². The lowest BCUT2D eigenvalue weighted by Crippen LogP contribution is -2.41. The van der Waals surface area contributed by atoms with E-state index in [4.69, 9.17) is 4.74 Å². The van der Waals surface area contributed by atoms with Crippen molar-refractivity contribution in [3.63, 3.8) is 0 Å². The largest absolute Gasteiger partial charge is 0.497 e. The van der Waals surface area contributed by atoms with Gasteiger partial charge in [0.1, 0.15) is 5.75 Å². The van der Waals surface area contributed by atoms with Gasteiger partial charge in [-0.3, -0.25) is 9.20 Å². The second kappa shape index (κ2) is 7.99. The molecule has 1 aromatic carbocycles. The van der Waals surface area contributed by atoms with Gasteiger partial charge in [-0.15, -0.1) is 10.2 Å². The summed E-state index contributed by atoms with van der Waals surface area (Å²) < 4.78 is 7.40. The smallest absolute Gasteiger partial charge is 0.230 e. The molecule has 28 heavy (non-hydrogen) atoms. The van der Waals surface area contributed by atoms with Gasteiger partial charge in [-0.05, 0) is 49.4 Å². The molecular formula is C21H26N4O2S. The minimum absolute atomic E-state index is 0.0643. The number of thioether (sulfide) groups is 1. The Bertz CT molecular complexity index is 1020. The Kier molecular flexibility index (Phi) is 5.44. The molecule has 0 radical (unpaired) electrons. The molecule has 2 heterocycles. The maximum absolute atomic E-state index is 12.5. The van der Waals surface area contributed by atoms with Crippen LogP contribution in [-0.4, -0.2) is 39.4 Å². The van der Waals surface area contributed by atoms with Crippen LogP contribution in [0.5, 0.6) is 5.75 Å². The number of aromatic nitrogens is 3. The molecule has 1 fully saturated rings. The number of hydrogen-bond acceptors (Lipinski definition) is 5. The number of amides is 1. The van der Waals surface area contributed by atoms with Crippen molar-refractivity contribution in [3.8, 4) is 5.75 Å². The Labute approximate surface area is 169 Å². The summed E-state index contributed by atoms with van der Waals surface area (Å²) in [4.78, 5) is 12.5. The molecule has 0 aliphatic heterocycles. The highest BCUT2D eigenvalue weighted by molar-refractivity contribution is 7.99. The predicted molar refractivity (Wildman–Crippen MR) is 112 cm³/mol. The first-order chi connectivity index (χ1) is 13.6. The maximum Gasteiger partial charge on any atom is 0.230 e. The zero-order valence-corrected chi connectivity index (χ0v) is 17.4. The molecule has 1 aliphatic carbocycles. The summed E-state index contributed by atoms with van der Waals surface area (Å²) in [6.45, 7) is 4.29. The molecule has 0 spiro atoms. The van der Waals surface area contributed by atoms with E-state index in [1.807, 2.05) is 22.6 Å². The van der Waals surface area contributed by atoms with Gasteiger partial charge in [0.15, 0.2) is 10.8 Å². The Morgan fingerprint density at radius 2 is 2.11 bits per heavy atom. The van der Waals surface area contributed by atoms with Crippen molar-refractivity contribution in [1.29, 1.82) is 0 Å². The number of pyridine rings is 1. The van der Waals surface area contributed by atoms with Crippen LogP contribution in [0.2, 0.25) is 0 Å². The minimum atomic E-state index is 0.0643. The molecule has 2 unspecified atom stereocenters. The second-order valence-corrected chi connectivity index (χ2v) is 8.55. The number of carbonyl (C=O) groups is 1. The van der Waals surface area contributed by atoms with E-state index >= 15 is 0 Å². The standard InChI is InChI=1S/C21H26N4O2S/c1-13-6-4-5-7-17(13)22-20(26)12-28-21-24-23-19-10-14(2)16-9-8-15(27-3)11-18(16)25(19)21/h8-11,13,17H,4-7,12H2,1-3H3,(H,22,26). The number of nitrogens with zero attached hydrogens (tertiary/aromatic N) is 3. The molecule has 0 bridgehead atoms. The van der Waals surface area contributed by atoms with Crippen LogP contribution < -0.4 is 10.1 Å². The fourth-order valence-electron chi connectivity index (χ4n) is 4.03. The molecule has 2 atom stereocenters. The quantitative estimate of drug-likeness (QED) is 0.658. The van der Waals surface area contributed by atoms with Crippen molar-refractivity contribution in [2.45, 2.75) is 50.7 Å². The lowest BCUT2D eigenvalue weighted by atomic mass is 9.86. The van der Waals surface area contributed by atoms with Gasteiger partial charge in [0.25, 0.3) is 0 Å². The van der Waals surface area contributed by atoms with Crippen molar-refractivity contribution in [1.82, 2.24) is 19.9 Å². The van der Waals surface area contributed by atoms with Crippen LogP contribution in [0.3, 0.4) is 0 Å². The monoisotopic (exact) mass is 398 g/mol. The van der Waals surface area contributed by atoms with E-state index in [1.165, 1.54) is 31.0 Å². The van der Waals surface area contributed by atoms with Crippen molar-refractivity contribution < 1.29 is 9.53 Å². The third kappa shape index (κ3) is 3.68. The molecule has 0 saturated heterocycles. The summed E-state index contributed by atoms with van der Waals surface area (Å²) in [5, 5.41) is 13.7. The lowest BCUT2D eigenvalue weighted by Gasteiger charge is -2.29. The molecule has 2 aromatic heterocycles.